The van der Waals surface area contributed by atoms with Crippen molar-refractivity contribution in [3.05, 3.63) is 55.4 Å². The Bertz CT molecular complexity index is 865. The number of halogens is 4. The second-order valence-corrected chi connectivity index (χ2v) is 6.17. The van der Waals surface area contributed by atoms with Crippen molar-refractivity contribution in [1.82, 2.24) is 9.55 Å². The molecule has 2 nitrogen and oxygen atoms in total. The second-order valence-electron chi connectivity index (χ2n) is 4.12. The molecule has 0 bridgehead atoms. The Morgan fingerprint density at radius 2 is 1.95 bits per heavy atom. The van der Waals surface area contributed by atoms with Gasteiger partial charge >= 0.3 is 0 Å². The lowest BCUT2D eigenvalue weighted by molar-refractivity contribution is 0.626. The van der Waals surface area contributed by atoms with Crippen LogP contribution in [-0.2, 0) is 0 Å². The molecule has 0 spiro atoms. The highest BCUT2D eigenvalue weighted by molar-refractivity contribution is 9.10. The number of fused-ring (bicyclic) bond motifs is 1. The third-order valence-electron chi connectivity index (χ3n) is 2.87. The maximum absolute atomic E-state index is 13.3. The van der Waals surface area contributed by atoms with E-state index in [4.69, 9.17) is 35.4 Å². The van der Waals surface area contributed by atoms with E-state index in [1.165, 1.54) is 12.1 Å². The molecule has 7 heteroatoms. The molecule has 1 N–H and O–H groups in total. The highest BCUT2D eigenvalue weighted by atomic mass is 79.9. The summed E-state index contributed by atoms with van der Waals surface area (Å²) < 4.78 is 16.0. The van der Waals surface area contributed by atoms with Crippen molar-refractivity contribution in [3.63, 3.8) is 0 Å². The Balaban J connectivity index is 2.45. The van der Waals surface area contributed by atoms with Gasteiger partial charge in [0.05, 0.1) is 26.8 Å². The fourth-order valence-electron chi connectivity index (χ4n) is 2.07. The van der Waals surface area contributed by atoms with Crippen molar-refractivity contribution >= 4 is 62.4 Å². The van der Waals surface area contributed by atoms with Gasteiger partial charge in [0.15, 0.2) is 4.77 Å². The lowest BCUT2D eigenvalue weighted by Crippen LogP contribution is -1.97. The minimum absolute atomic E-state index is 0.258. The average molecular weight is 392 g/mol. The Kier molecular flexibility index (Phi) is 3.62. The standard InChI is InChI=1S/C13H6BrCl2FN2S/c14-7-4-6(17)5-9(16)12(7)19-10-3-1-2-8(15)11(10)18-13(19)20/h1-5H,(H,18,20). The maximum Gasteiger partial charge on any atom is 0.182 e. The predicted octanol–water partition coefficient (Wildman–Crippen LogP) is 5.90. The molecule has 0 aliphatic carbocycles. The summed E-state index contributed by atoms with van der Waals surface area (Å²) in [6.07, 6.45) is 0. The van der Waals surface area contributed by atoms with Crippen molar-refractivity contribution in [2.24, 2.45) is 0 Å². The van der Waals surface area contributed by atoms with Gasteiger partial charge < -0.3 is 4.98 Å². The Hall–Kier alpha value is -0.880. The molecule has 20 heavy (non-hydrogen) atoms. The summed E-state index contributed by atoms with van der Waals surface area (Å²) in [5.74, 6) is -0.421. The van der Waals surface area contributed by atoms with E-state index in [9.17, 15) is 4.39 Å². The third-order valence-corrected chi connectivity index (χ3v) is 4.37. The lowest BCUT2D eigenvalue weighted by Gasteiger charge is -2.10. The zero-order valence-corrected chi connectivity index (χ0v) is 13.7. The first-order valence-electron chi connectivity index (χ1n) is 5.53. The van der Waals surface area contributed by atoms with E-state index < -0.39 is 5.82 Å². The van der Waals surface area contributed by atoms with Gasteiger partial charge in [-0.1, -0.05) is 29.3 Å². The fourth-order valence-corrected chi connectivity index (χ4v) is 3.59. The zero-order chi connectivity index (χ0) is 14.4. The molecule has 1 heterocycles. The highest BCUT2D eigenvalue weighted by Crippen LogP contribution is 2.34. The Morgan fingerprint density at radius 1 is 1.20 bits per heavy atom. The largest absolute Gasteiger partial charge is 0.329 e. The first-order chi connectivity index (χ1) is 9.49. The fraction of sp³-hybridized carbons (Fsp3) is 0. The smallest absolute Gasteiger partial charge is 0.182 e. The molecular weight excluding hydrogens is 386 g/mol. The minimum Gasteiger partial charge on any atom is -0.329 e. The molecule has 0 unspecified atom stereocenters. The van der Waals surface area contributed by atoms with Crippen LogP contribution in [-0.4, -0.2) is 9.55 Å². The molecule has 0 fully saturated rings. The number of hydrogen-bond acceptors (Lipinski definition) is 1. The first kappa shape index (κ1) is 14.1. The molecule has 0 atom stereocenters. The summed E-state index contributed by atoms with van der Waals surface area (Å²) in [5, 5.41) is 0.815. The van der Waals surface area contributed by atoms with E-state index in [2.05, 4.69) is 20.9 Å². The number of nitrogens with one attached hydrogen (secondary N) is 1. The summed E-state index contributed by atoms with van der Waals surface area (Å²) in [6.45, 7) is 0. The molecule has 0 radical (unpaired) electrons. The third kappa shape index (κ3) is 2.19. The predicted molar refractivity (Wildman–Crippen MR) is 86.1 cm³/mol. The molecule has 1 aromatic heterocycles. The first-order valence-corrected chi connectivity index (χ1v) is 7.49. The monoisotopic (exact) mass is 390 g/mol. The molecule has 0 aliphatic heterocycles. The van der Waals surface area contributed by atoms with Gasteiger partial charge in [-0.25, -0.2) is 4.39 Å². The van der Waals surface area contributed by atoms with Crippen LogP contribution >= 0.6 is 51.3 Å². The topological polar surface area (TPSA) is 20.7 Å². The number of aromatic nitrogens is 2. The molecule has 0 amide bonds. The molecule has 0 saturated heterocycles. The molecule has 0 saturated carbocycles. The minimum atomic E-state index is -0.421. The van der Waals surface area contributed by atoms with Crippen LogP contribution in [0.1, 0.15) is 0 Å². The molecule has 102 valence electrons. The van der Waals surface area contributed by atoms with E-state index in [0.29, 0.717) is 25.5 Å². The van der Waals surface area contributed by atoms with Crippen LogP contribution in [0, 0.1) is 10.6 Å². The van der Waals surface area contributed by atoms with Gasteiger partial charge in [0.2, 0.25) is 0 Å². The van der Waals surface area contributed by atoms with E-state index in [1.807, 2.05) is 12.1 Å². The van der Waals surface area contributed by atoms with E-state index >= 15 is 0 Å². The van der Waals surface area contributed by atoms with Gasteiger partial charge in [0.25, 0.3) is 0 Å². The van der Waals surface area contributed by atoms with Crippen LogP contribution in [0.15, 0.2) is 34.8 Å². The average Bonchev–Trinajstić information content (AvgIpc) is 2.67. The van der Waals surface area contributed by atoms with E-state index in [0.717, 1.165) is 5.52 Å². The van der Waals surface area contributed by atoms with Crippen molar-refractivity contribution < 1.29 is 4.39 Å². The molecule has 0 aliphatic rings. The van der Waals surface area contributed by atoms with Crippen LogP contribution in [0.4, 0.5) is 4.39 Å². The van der Waals surface area contributed by atoms with Gasteiger partial charge in [-0.2, -0.15) is 0 Å². The number of rotatable bonds is 1. The summed E-state index contributed by atoms with van der Waals surface area (Å²) >= 11 is 20.9. The normalized spacial score (nSPS) is 11.2. The van der Waals surface area contributed by atoms with E-state index in [-0.39, 0.29) is 5.02 Å². The van der Waals surface area contributed by atoms with Crippen LogP contribution in [0.25, 0.3) is 16.7 Å². The number of para-hydroxylation sites is 1. The summed E-state index contributed by atoms with van der Waals surface area (Å²) in [5.41, 5.74) is 2.06. The number of nitrogens with zero attached hydrogens (tertiary/aromatic N) is 1. The van der Waals surface area contributed by atoms with Crippen LogP contribution < -0.4 is 0 Å². The highest BCUT2D eigenvalue weighted by Gasteiger charge is 2.15. The Morgan fingerprint density at radius 3 is 2.65 bits per heavy atom. The van der Waals surface area contributed by atoms with Crippen molar-refractivity contribution in [3.8, 4) is 5.69 Å². The number of imidazole rings is 1. The second kappa shape index (κ2) is 5.15. The molecular formula is C13H6BrCl2FN2S. The van der Waals surface area contributed by atoms with Crippen LogP contribution in [0.2, 0.25) is 10.0 Å². The van der Waals surface area contributed by atoms with Gasteiger partial charge in [-0.15, -0.1) is 0 Å². The SMILES string of the molecule is Fc1cc(Cl)c(-n2c(=S)[nH]c3c(Cl)cccc32)c(Br)c1. The van der Waals surface area contributed by atoms with Crippen molar-refractivity contribution in [2.75, 3.05) is 0 Å². The number of aromatic amines is 1. The molecule has 3 aromatic rings. The van der Waals surface area contributed by atoms with Crippen molar-refractivity contribution in [2.45, 2.75) is 0 Å². The summed E-state index contributed by atoms with van der Waals surface area (Å²) in [4.78, 5) is 3.04. The van der Waals surface area contributed by atoms with Crippen molar-refractivity contribution in [1.29, 1.82) is 0 Å². The summed E-state index contributed by atoms with van der Waals surface area (Å²) in [6, 6.07) is 8.02. The van der Waals surface area contributed by atoms with Gasteiger partial charge in [-0.05, 0) is 52.4 Å². The number of benzene rings is 2. The van der Waals surface area contributed by atoms with Crippen LogP contribution in [0.3, 0.4) is 0 Å². The molecule has 3 rings (SSSR count). The van der Waals surface area contributed by atoms with Gasteiger partial charge in [-0.3, -0.25) is 4.57 Å². The number of H-pyrrole nitrogens is 1. The summed E-state index contributed by atoms with van der Waals surface area (Å²) in [7, 11) is 0. The zero-order valence-electron chi connectivity index (χ0n) is 9.75. The van der Waals surface area contributed by atoms with Gasteiger partial charge in [0, 0.05) is 4.47 Å². The van der Waals surface area contributed by atoms with E-state index in [1.54, 1.807) is 10.6 Å². The maximum atomic E-state index is 13.3. The Labute approximate surface area is 137 Å². The van der Waals surface area contributed by atoms with Crippen LogP contribution in [0.5, 0.6) is 0 Å². The lowest BCUT2D eigenvalue weighted by atomic mass is 10.2. The van der Waals surface area contributed by atoms with Gasteiger partial charge in [0.1, 0.15) is 5.82 Å². The number of hydrogen-bond donors (Lipinski definition) is 1. The quantitative estimate of drug-likeness (QED) is 0.512. The molecule has 2 aromatic carbocycles.